The van der Waals surface area contributed by atoms with Gasteiger partial charge in [-0.05, 0) is 43.5 Å². The number of piperazine rings is 1. The van der Waals surface area contributed by atoms with Gasteiger partial charge in [0.15, 0.2) is 0 Å². The summed E-state index contributed by atoms with van der Waals surface area (Å²) < 4.78 is 10.8. The van der Waals surface area contributed by atoms with Gasteiger partial charge in [0.2, 0.25) is 0 Å². The van der Waals surface area contributed by atoms with Crippen molar-refractivity contribution in [2.24, 2.45) is 0 Å². The molecule has 0 saturated carbocycles. The highest BCUT2D eigenvalue weighted by Crippen LogP contribution is 2.25. The summed E-state index contributed by atoms with van der Waals surface area (Å²) in [5.41, 5.74) is 2.41. The predicted octanol–water partition coefficient (Wildman–Crippen LogP) is 3.55. The van der Waals surface area contributed by atoms with Gasteiger partial charge < -0.3 is 19.7 Å². The lowest BCUT2D eigenvalue weighted by Gasteiger charge is -2.35. The van der Waals surface area contributed by atoms with E-state index in [2.05, 4.69) is 41.4 Å². The normalized spacial score (nSPS) is 15.5. The predicted molar refractivity (Wildman–Crippen MR) is 119 cm³/mol. The molecular weight excluding hydrogens is 378 g/mol. The molecule has 3 rings (SSSR count). The highest BCUT2D eigenvalue weighted by atomic mass is 16.5. The van der Waals surface area contributed by atoms with Crippen molar-refractivity contribution in [3.63, 3.8) is 0 Å². The molecule has 1 aliphatic heterocycles. The van der Waals surface area contributed by atoms with Crippen LogP contribution in [0.25, 0.3) is 0 Å². The van der Waals surface area contributed by atoms with Crippen molar-refractivity contribution in [3.05, 3.63) is 59.7 Å². The number of hydrogen-bond acceptors (Lipinski definition) is 4. The number of amides is 2. The van der Waals surface area contributed by atoms with E-state index >= 15 is 0 Å². The van der Waals surface area contributed by atoms with E-state index in [1.807, 2.05) is 29.2 Å². The van der Waals surface area contributed by atoms with Gasteiger partial charge in [-0.25, -0.2) is 4.79 Å². The molecule has 0 unspecified atom stereocenters. The molecule has 1 atom stereocenters. The fourth-order valence-electron chi connectivity index (χ4n) is 3.76. The summed E-state index contributed by atoms with van der Waals surface area (Å²) in [6.07, 6.45) is 1.91. The number of carbonyl (C=O) groups excluding carboxylic acids is 1. The van der Waals surface area contributed by atoms with Gasteiger partial charge in [0, 0.05) is 44.3 Å². The van der Waals surface area contributed by atoms with Gasteiger partial charge in [-0.2, -0.15) is 0 Å². The number of carbonyl (C=O) groups is 1. The molecule has 2 aromatic rings. The number of hydrogen-bond donors (Lipinski definition) is 1. The minimum Gasteiger partial charge on any atom is -0.497 e. The van der Waals surface area contributed by atoms with Gasteiger partial charge in [0.25, 0.3) is 0 Å². The lowest BCUT2D eigenvalue weighted by atomic mass is 10.1. The number of nitrogens with zero attached hydrogens (tertiary/aromatic N) is 2. The Bertz CT molecular complexity index is 805. The van der Waals surface area contributed by atoms with E-state index in [1.165, 1.54) is 5.56 Å². The molecule has 1 heterocycles. The standard InChI is InChI=1S/C24H33N3O3/c1-19(9-10-20-7-5-4-6-8-20)25-24(28)27-15-13-26(14-16-27)18-21-17-22(29-2)11-12-23(21)30-3/h4-8,11-12,17,19H,9-10,13-16,18H2,1-3H3,(H,25,28)/t19-/m0/s1. The summed E-state index contributed by atoms with van der Waals surface area (Å²) in [7, 11) is 3.36. The summed E-state index contributed by atoms with van der Waals surface area (Å²) in [5, 5.41) is 3.15. The summed E-state index contributed by atoms with van der Waals surface area (Å²) in [5.74, 6) is 1.69. The summed E-state index contributed by atoms with van der Waals surface area (Å²) in [4.78, 5) is 16.9. The first-order chi connectivity index (χ1) is 14.6. The SMILES string of the molecule is COc1ccc(OC)c(CN2CCN(C(=O)N[C@@H](C)CCc3ccccc3)CC2)c1. The Labute approximate surface area is 179 Å². The molecular formula is C24H33N3O3. The molecule has 1 saturated heterocycles. The average Bonchev–Trinajstić information content (AvgIpc) is 2.78. The number of ether oxygens (including phenoxy) is 2. The van der Waals surface area contributed by atoms with E-state index in [4.69, 9.17) is 9.47 Å². The summed E-state index contributed by atoms with van der Waals surface area (Å²) in [6.45, 7) is 5.99. The molecule has 2 amide bonds. The largest absolute Gasteiger partial charge is 0.497 e. The van der Waals surface area contributed by atoms with Crippen molar-refractivity contribution < 1.29 is 14.3 Å². The molecule has 0 aromatic heterocycles. The van der Waals surface area contributed by atoms with Gasteiger partial charge in [0.1, 0.15) is 11.5 Å². The highest BCUT2D eigenvalue weighted by molar-refractivity contribution is 5.74. The summed E-state index contributed by atoms with van der Waals surface area (Å²) >= 11 is 0. The second kappa shape index (κ2) is 10.9. The van der Waals surface area contributed by atoms with Crippen molar-refractivity contribution >= 4 is 6.03 Å². The minimum absolute atomic E-state index is 0.0363. The minimum atomic E-state index is 0.0363. The molecule has 6 heteroatoms. The third-order valence-electron chi connectivity index (χ3n) is 5.62. The monoisotopic (exact) mass is 411 g/mol. The van der Waals surface area contributed by atoms with Gasteiger partial charge in [0.05, 0.1) is 14.2 Å². The van der Waals surface area contributed by atoms with Crippen LogP contribution in [0.15, 0.2) is 48.5 Å². The second-order valence-electron chi connectivity index (χ2n) is 7.82. The molecule has 2 aromatic carbocycles. The molecule has 6 nitrogen and oxygen atoms in total. The molecule has 30 heavy (non-hydrogen) atoms. The molecule has 0 aliphatic carbocycles. The van der Waals surface area contributed by atoms with Crippen LogP contribution in [-0.4, -0.2) is 62.3 Å². The molecule has 1 aliphatic rings. The lowest BCUT2D eigenvalue weighted by Crippen LogP contribution is -2.52. The number of rotatable bonds is 8. The Morgan fingerprint density at radius 1 is 1.03 bits per heavy atom. The van der Waals surface area contributed by atoms with Crippen molar-refractivity contribution in [1.82, 2.24) is 15.1 Å². The van der Waals surface area contributed by atoms with E-state index in [-0.39, 0.29) is 12.1 Å². The molecule has 0 bridgehead atoms. The molecule has 0 radical (unpaired) electrons. The van der Waals surface area contributed by atoms with Crippen LogP contribution in [0.3, 0.4) is 0 Å². The van der Waals surface area contributed by atoms with Gasteiger partial charge >= 0.3 is 6.03 Å². The number of benzene rings is 2. The van der Waals surface area contributed by atoms with Crippen molar-refractivity contribution in [3.8, 4) is 11.5 Å². The van der Waals surface area contributed by atoms with E-state index < -0.39 is 0 Å². The van der Waals surface area contributed by atoms with Crippen LogP contribution in [0.4, 0.5) is 4.79 Å². The fourth-order valence-corrected chi connectivity index (χ4v) is 3.76. The van der Waals surface area contributed by atoms with Crippen LogP contribution < -0.4 is 14.8 Å². The first-order valence-corrected chi connectivity index (χ1v) is 10.6. The van der Waals surface area contributed by atoms with Gasteiger partial charge in [-0.3, -0.25) is 4.90 Å². The number of methoxy groups -OCH3 is 2. The van der Waals surface area contributed by atoms with E-state index in [1.54, 1.807) is 14.2 Å². The van der Waals surface area contributed by atoms with Crippen LogP contribution in [0.1, 0.15) is 24.5 Å². The van der Waals surface area contributed by atoms with Crippen LogP contribution in [0.2, 0.25) is 0 Å². The van der Waals surface area contributed by atoms with Gasteiger partial charge in [-0.1, -0.05) is 30.3 Å². The first-order valence-electron chi connectivity index (χ1n) is 10.6. The van der Waals surface area contributed by atoms with Gasteiger partial charge in [-0.15, -0.1) is 0 Å². The van der Waals surface area contributed by atoms with E-state index in [9.17, 15) is 4.79 Å². The maximum Gasteiger partial charge on any atom is 0.317 e. The smallest absolute Gasteiger partial charge is 0.317 e. The zero-order valence-corrected chi connectivity index (χ0v) is 18.3. The fraction of sp³-hybridized carbons (Fsp3) is 0.458. The maximum absolute atomic E-state index is 12.6. The van der Waals surface area contributed by atoms with Crippen LogP contribution in [-0.2, 0) is 13.0 Å². The topological polar surface area (TPSA) is 54.0 Å². The Kier molecular flexibility index (Phi) is 7.97. The first kappa shape index (κ1) is 22.0. The Hall–Kier alpha value is -2.73. The van der Waals surface area contributed by atoms with Crippen molar-refractivity contribution in [1.29, 1.82) is 0 Å². The molecule has 0 spiro atoms. The highest BCUT2D eigenvalue weighted by Gasteiger charge is 2.23. The quantitative estimate of drug-likeness (QED) is 0.722. The number of aryl methyl sites for hydroxylation is 1. The van der Waals surface area contributed by atoms with Crippen molar-refractivity contribution in [2.45, 2.75) is 32.4 Å². The summed E-state index contributed by atoms with van der Waals surface area (Å²) in [6, 6.07) is 16.4. The lowest BCUT2D eigenvalue weighted by molar-refractivity contribution is 0.132. The number of nitrogens with one attached hydrogen (secondary N) is 1. The molecule has 1 N–H and O–H groups in total. The second-order valence-corrected chi connectivity index (χ2v) is 7.82. The van der Waals surface area contributed by atoms with Crippen LogP contribution >= 0.6 is 0 Å². The van der Waals surface area contributed by atoms with Crippen LogP contribution in [0, 0.1) is 0 Å². The number of urea groups is 1. The van der Waals surface area contributed by atoms with Crippen molar-refractivity contribution in [2.75, 3.05) is 40.4 Å². The third-order valence-corrected chi connectivity index (χ3v) is 5.62. The zero-order chi connectivity index (χ0) is 21.3. The molecule has 1 fully saturated rings. The molecule has 162 valence electrons. The Morgan fingerprint density at radius 2 is 1.77 bits per heavy atom. The average molecular weight is 412 g/mol. The van der Waals surface area contributed by atoms with Crippen LogP contribution in [0.5, 0.6) is 11.5 Å². The van der Waals surface area contributed by atoms with E-state index in [0.29, 0.717) is 0 Å². The Balaban J connectivity index is 1.44. The van der Waals surface area contributed by atoms with E-state index in [0.717, 1.165) is 62.6 Å². The Morgan fingerprint density at radius 3 is 2.43 bits per heavy atom. The maximum atomic E-state index is 12.6. The third kappa shape index (κ3) is 6.13. The zero-order valence-electron chi connectivity index (χ0n) is 18.3.